The Morgan fingerprint density at radius 2 is 2.08 bits per heavy atom. The van der Waals surface area contributed by atoms with Crippen molar-refractivity contribution in [1.29, 1.82) is 0 Å². The summed E-state index contributed by atoms with van der Waals surface area (Å²) in [5.41, 5.74) is -0.0509. The Balaban J connectivity index is 1.47. The number of nitrogens with one attached hydrogen (secondary N) is 1. The summed E-state index contributed by atoms with van der Waals surface area (Å²) < 4.78 is 1.57. The van der Waals surface area contributed by atoms with Crippen molar-refractivity contribution < 1.29 is 4.79 Å². The van der Waals surface area contributed by atoms with Gasteiger partial charge >= 0.3 is 0 Å². The second-order valence-electron chi connectivity index (χ2n) is 8.14. The third-order valence-corrected chi connectivity index (χ3v) is 6.46. The first-order valence-corrected chi connectivity index (χ1v) is 9.10. The minimum atomic E-state index is -0.227. The van der Waals surface area contributed by atoms with E-state index in [2.05, 4.69) is 25.8 Å². The minimum Gasteiger partial charge on any atom is -0.345 e. The molecule has 1 N–H and O–H groups in total. The quantitative estimate of drug-likeness (QED) is 0.895. The molecule has 0 aliphatic heterocycles. The second-order valence-corrected chi connectivity index (χ2v) is 8.55. The van der Waals surface area contributed by atoms with Gasteiger partial charge in [0.2, 0.25) is 0 Å². The van der Waals surface area contributed by atoms with Crippen LogP contribution in [-0.2, 0) is 12.6 Å². The predicted octanol–water partition coefficient (Wildman–Crippen LogP) is 1.54. The van der Waals surface area contributed by atoms with Gasteiger partial charge in [-0.3, -0.25) is 9.48 Å². The maximum absolute atomic E-state index is 12.8. The molecule has 4 fully saturated rings. The monoisotopic (exact) mass is 361 g/mol. The van der Waals surface area contributed by atoms with Gasteiger partial charge in [0, 0.05) is 18.8 Å². The average Bonchev–Trinajstić information content (AvgIpc) is 3.15. The van der Waals surface area contributed by atoms with Crippen LogP contribution in [0.15, 0.2) is 12.5 Å². The number of rotatable bonds is 3. The van der Waals surface area contributed by atoms with Gasteiger partial charge < -0.3 is 5.32 Å². The van der Waals surface area contributed by atoms with Crippen LogP contribution in [0.5, 0.6) is 0 Å². The molecule has 0 spiro atoms. The van der Waals surface area contributed by atoms with Gasteiger partial charge in [0.15, 0.2) is 12.0 Å². The molecule has 2 aromatic heterocycles. The number of carbonyl (C=O) groups excluding carboxylic acids is 1. The molecule has 4 bridgehead atoms. The lowest BCUT2D eigenvalue weighted by atomic mass is 9.50. The lowest BCUT2D eigenvalue weighted by Gasteiger charge is -2.61. The van der Waals surface area contributed by atoms with E-state index >= 15 is 0 Å². The highest BCUT2D eigenvalue weighted by Gasteiger charge is 2.60. The van der Waals surface area contributed by atoms with Gasteiger partial charge in [0.25, 0.3) is 5.91 Å². The third-order valence-electron chi connectivity index (χ3n) is 6.18. The molecule has 0 aromatic carbocycles. The minimum absolute atomic E-state index is 0.123. The summed E-state index contributed by atoms with van der Waals surface area (Å²) >= 11 is 6.16. The van der Waals surface area contributed by atoms with Gasteiger partial charge in [-0.05, 0) is 55.6 Å². The van der Waals surface area contributed by atoms with E-state index in [9.17, 15) is 4.79 Å². The first-order chi connectivity index (χ1) is 12.0. The molecule has 6 rings (SSSR count). The van der Waals surface area contributed by atoms with Crippen molar-refractivity contribution >= 4 is 17.5 Å². The summed E-state index contributed by atoms with van der Waals surface area (Å²) in [5, 5.41) is 20.3. The fourth-order valence-electron chi connectivity index (χ4n) is 5.89. The number of hydrogen-bond donors (Lipinski definition) is 1. The Bertz CT molecular complexity index is 816. The number of tetrazole rings is 1. The molecule has 2 atom stereocenters. The molecule has 0 radical (unpaired) electrons. The van der Waals surface area contributed by atoms with E-state index in [1.165, 1.54) is 12.7 Å². The number of hydrogen-bond acceptors (Lipinski definition) is 5. The van der Waals surface area contributed by atoms with Crippen LogP contribution < -0.4 is 5.32 Å². The number of amides is 1. The number of aryl methyl sites for hydroxylation is 1. The lowest BCUT2D eigenvalue weighted by molar-refractivity contribution is -0.0811. The average molecular weight is 362 g/mol. The molecule has 4 saturated carbocycles. The van der Waals surface area contributed by atoms with Crippen LogP contribution in [0, 0.1) is 11.8 Å². The lowest BCUT2D eigenvalue weighted by Crippen LogP contribution is -2.66. The number of carbonyl (C=O) groups is 1. The summed E-state index contributed by atoms with van der Waals surface area (Å²) in [4.78, 5) is 14.6. The molecule has 0 saturated heterocycles. The zero-order valence-electron chi connectivity index (χ0n) is 14.0. The van der Waals surface area contributed by atoms with Crippen LogP contribution in [0.25, 0.3) is 0 Å². The van der Waals surface area contributed by atoms with Gasteiger partial charge in [-0.1, -0.05) is 11.6 Å². The highest BCUT2D eigenvalue weighted by Crippen LogP contribution is 2.60. The summed E-state index contributed by atoms with van der Waals surface area (Å²) in [6.07, 6.45) is 9.39. The van der Waals surface area contributed by atoms with Crippen molar-refractivity contribution in [3.8, 4) is 0 Å². The van der Waals surface area contributed by atoms with Crippen LogP contribution in [0.1, 0.15) is 49.0 Å². The summed E-state index contributed by atoms with van der Waals surface area (Å²) in [7, 11) is 1.76. The number of nitrogens with zero attached hydrogens (tertiary/aromatic N) is 6. The van der Waals surface area contributed by atoms with Crippen molar-refractivity contribution in [2.75, 3.05) is 0 Å². The zero-order chi connectivity index (χ0) is 17.2. The van der Waals surface area contributed by atoms with E-state index in [0.717, 1.165) is 32.1 Å². The van der Waals surface area contributed by atoms with Gasteiger partial charge in [0.05, 0.1) is 10.6 Å². The number of aromatic nitrogens is 6. The molecule has 9 heteroatoms. The third kappa shape index (κ3) is 2.30. The standard InChI is InChI=1S/C16H20ClN7O/c1-23-7-12(17)13(21-23)14(25)20-15-3-10-2-11(4-15)6-16(5-10,8-15)24-19-9-18-22-24/h7,9-11H,2-6,8H2,1H3,(H,20,25). The van der Waals surface area contributed by atoms with Crippen LogP contribution in [0.4, 0.5) is 0 Å². The Kier molecular flexibility index (Phi) is 3.08. The van der Waals surface area contributed by atoms with Crippen molar-refractivity contribution in [1.82, 2.24) is 35.3 Å². The second kappa shape index (κ2) is 5.03. The first-order valence-electron chi connectivity index (χ1n) is 8.72. The van der Waals surface area contributed by atoms with Crippen LogP contribution in [0.2, 0.25) is 5.02 Å². The molecule has 25 heavy (non-hydrogen) atoms. The van der Waals surface area contributed by atoms with Gasteiger partial charge in [-0.2, -0.15) is 9.90 Å². The van der Waals surface area contributed by atoms with E-state index < -0.39 is 0 Å². The molecule has 4 aliphatic rings. The molecule has 1 amide bonds. The van der Waals surface area contributed by atoms with E-state index in [-0.39, 0.29) is 17.0 Å². The predicted molar refractivity (Wildman–Crippen MR) is 88.9 cm³/mol. The summed E-state index contributed by atoms with van der Waals surface area (Å²) in [5.74, 6) is 0.993. The molecule has 132 valence electrons. The molecule has 8 nitrogen and oxygen atoms in total. The van der Waals surface area contributed by atoms with Crippen molar-refractivity contribution in [2.45, 2.75) is 49.6 Å². The topological polar surface area (TPSA) is 90.5 Å². The van der Waals surface area contributed by atoms with Gasteiger partial charge in [-0.15, -0.1) is 10.2 Å². The summed E-state index contributed by atoms with van der Waals surface area (Å²) in [6, 6.07) is 0. The van der Waals surface area contributed by atoms with Crippen LogP contribution in [0.3, 0.4) is 0 Å². The highest BCUT2D eigenvalue weighted by atomic mass is 35.5. The SMILES string of the molecule is Cn1cc(Cl)c(C(=O)NC23CC4CC(C2)CC(n2ncnn2)(C4)C3)n1. The molecular formula is C16H20ClN7O. The Hall–Kier alpha value is -1.96. The molecular weight excluding hydrogens is 342 g/mol. The van der Waals surface area contributed by atoms with Crippen LogP contribution >= 0.6 is 11.6 Å². The largest absolute Gasteiger partial charge is 0.345 e. The maximum Gasteiger partial charge on any atom is 0.273 e. The van der Waals surface area contributed by atoms with Crippen LogP contribution in [-0.4, -0.2) is 41.4 Å². The van der Waals surface area contributed by atoms with E-state index in [4.69, 9.17) is 11.6 Å². The van der Waals surface area contributed by atoms with Crippen molar-refractivity contribution in [3.63, 3.8) is 0 Å². The van der Waals surface area contributed by atoms with E-state index in [1.807, 2.05) is 0 Å². The fourth-order valence-corrected chi connectivity index (χ4v) is 6.16. The van der Waals surface area contributed by atoms with Crippen molar-refractivity contribution in [3.05, 3.63) is 23.2 Å². The maximum atomic E-state index is 12.8. The Morgan fingerprint density at radius 3 is 2.68 bits per heavy atom. The molecule has 2 unspecified atom stereocenters. The fraction of sp³-hybridized carbons (Fsp3) is 0.688. The normalized spacial score (nSPS) is 35.9. The van der Waals surface area contributed by atoms with Gasteiger partial charge in [0.1, 0.15) is 0 Å². The highest BCUT2D eigenvalue weighted by molar-refractivity contribution is 6.33. The molecule has 2 heterocycles. The zero-order valence-corrected chi connectivity index (χ0v) is 14.8. The Morgan fingerprint density at radius 1 is 1.32 bits per heavy atom. The van der Waals surface area contributed by atoms with Crippen molar-refractivity contribution in [2.24, 2.45) is 18.9 Å². The van der Waals surface area contributed by atoms with Gasteiger partial charge in [-0.25, -0.2) is 0 Å². The first kappa shape index (κ1) is 15.3. The van der Waals surface area contributed by atoms with E-state index in [0.29, 0.717) is 22.6 Å². The number of halogens is 1. The van der Waals surface area contributed by atoms with E-state index in [1.54, 1.807) is 22.7 Å². The molecule has 4 aliphatic carbocycles. The molecule has 2 aromatic rings. The smallest absolute Gasteiger partial charge is 0.273 e. The Labute approximate surface area is 149 Å². The summed E-state index contributed by atoms with van der Waals surface area (Å²) in [6.45, 7) is 0.